The van der Waals surface area contributed by atoms with Gasteiger partial charge in [-0.2, -0.15) is 0 Å². The predicted octanol–water partition coefficient (Wildman–Crippen LogP) is 5.11. The highest BCUT2D eigenvalue weighted by Gasteiger charge is 2.16. The second-order valence-corrected chi connectivity index (χ2v) is 5.10. The van der Waals surface area contributed by atoms with Crippen molar-refractivity contribution in [2.24, 2.45) is 0 Å². The summed E-state index contributed by atoms with van der Waals surface area (Å²) < 4.78 is 18.6. The third-order valence-electron chi connectivity index (χ3n) is 2.85. The molecular formula is C15H7Cl2FO2. The van der Waals surface area contributed by atoms with Gasteiger partial charge in [-0.25, -0.2) is 4.39 Å². The molecule has 0 bridgehead atoms. The third-order valence-corrected chi connectivity index (χ3v) is 3.35. The smallest absolute Gasteiger partial charge is 0.228 e. The molecule has 0 saturated heterocycles. The van der Waals surface area contributed by atoms with Crippen molar-refractivity contribution in [1.82, 2.24) is 0 Å². The van der Waals surface area contributed by atoms with Gasteiger partial charge in [0.1, 0.15) is 5.82 Å². The summed E-state index contributed by atoms with van der Waals surface area (Å²) in [6.07, 6.45) is 0. The summed E-state index contributed by atoms with van der Waals surface area (Å²) in [6, 6.07) is 10.1. The van der Waals surface area contributed by atoms with E-state index in [0.29, 0.717) is 21.0 Å². The first kappa shape index (κ1) is 13.2. The summed E-state index contributed by atoms with van der Waals surface area (Å²) in [5.74, 6) is -0.796. The second kappa shape index (κ2) is 4.93. The van der Waals surface area contributed by atoms with Gasteiger partial charge in [0.25, 0.3) is 0 Å². The van der Waals surface area contributed by atoms with Crippen LogP contribution in [0, 0.1) is 5.82 Å². The summed E-state index contributed by atoms with van der Waals surface area (Å²) in [7, 11) is 0. The van der Waals surface area contributed by atoms with Crippen LogP contribution in [0.3, 0.4) is 0 Å². The van der Waals surface area contributed by atoms with Crippen LogP contribution in [0.4, 0.5) is 4.39 Å². The summed E-state index contributed by atoms with van der Waals surface area (Å²) in [5.41, 5.74) is 0.599. The first-order valence-electron chi connectivity index (χ1n) is 5.73. The molecule has 0 saturated carbocycles. The fraction of sp³-hybridized carbons (Fsp3) is 0. The fourth-order valence-electron chi connectivity index (χ4n) is 1.96. The Hall–Kier alpha value is -1.84. The predicted molar refractivity (Wildman–Crippen MR) is 76.1 cm³/mol. The van der Waals surface area contributed by atoms with Crippen LogP contribution in [-0.4, -0.2) is 5.78 Å². The highest BCUT2D eigenvalue weighted by molar-refractivity contribution is 6.38. The summed E-state index contributed by atoms with van der Waals surface area (Å²) in [6.45, 7) is 0. The lowest BCUT2D eigenvalue weighted by Crippen LogP contribution is -1.99. The quantitative estimate of drug-likeness (QED) is 0.616. The lowest BCUT2D eigenvalue weighted by atomic mass is 10.1. The van der Waals surface area contributed by atoms with Gasteiger partial charge in [0, 0.05) is 16.0 Å². The van der Waals surface area contributed by atoms with Crippen molar-refractivity contribution < 1.29 is 13.6 Å². The maximum atomic E-state index is 13.1. The van der Waals surface area contributed by atoms with Crippen LogP contribution in [-0.2, 0) is 0 Å². The molecule has 0 fully saturated rings. The molecule has 0 radical (unpaired) electrons. The van der Waals surface area contributed by atoms with E-state index in [1.807, 2.05) is 0 Å². The number of fused-ring (bicyclic) bond motifs is 1. The third kappa shape index (κ3) is 2.30. The van der Waals surface area contributed by atoms with E-state index in [-0.39, 0.29) is 11.3 Å². The minimum atomic E-state index is -0.479. The molecule has 5 heteroatoms. The molecule has 3 aromatic rings. The average Bonchev–Trinajstić information content (AvgIpc) is 2.82. The molecule has 3 rings (SSSR count). The maximum Gasteiger partial charge on any atom is 0.228 e. The van der Waals surface area contributed by atoms with Gasteiger partial charge in [0.15, 0.2) is 11.3 Å². The van der Waals surface area contributed by atoms with Crippen molar-refractivity contribution >= 4 is 40.0 Å². The minimum Gasteiger partial charge on any atom is -0.451 e. The van der Waals surface area contributed by atoms with Gasteiger partial charge in [0.2, 0.25) is 5.78 Å². The Balaban J connectivity index is 2.11. The lowest BCUT2D eigenvalue weighted by Gasteiger charge is -1.97. The molecular weight excluding hydrogens is 302 g/mol. The molecule has 0 unspecified atom stereocenters. The van der Waals surface area contributed by atoms with Crippen molar-refractivity contribution in [2.45, 2.75) is 0 Å². The van der Waals surface area contributed by atoms with Crippen LogP contribution in [0.1, 0.15) is 16.1 Å². The molecule has 2 nitrogen and oxygen atoms in total. The molecule has 0 amide bonds. The van der Waals surface area contributed by atoms with Crippen molar-refractivity contribution in [3.63, 3.8) is 0 Å². The SMILES string of the molecule is O=C(c1cccc(F)c1)c1cc2cc(Cl)cc(Cl)c2o1. The van der Waals surface area contributed by atoms with Crippen LogP contribution in [0.15, 0.2) is 46.9 Å². The number of rotatable bonds is 2. The van der Waals surface area contributed by atoms with E-state index in [1.165, 1.54) is 24.3 Å². The Kier molecular flexibility index (Phi) is 3.24. The summed E-state index contributed by atoms with van der Waals surface area (Å²) in [5, 5.41) is 1.40. The number of ketones is 1. The van der Waals surface area contributed by atoms with Gasteiger partial charge in [-0.05, 0) is 30.3 Å². The van der Waals surface area contributed by atoms with Crippen molar-refractivity contribution in [3.8, 4) is 0 Å². The molecule has 0 aliphatic carbocycles. The van der Waals surface area contributed by atoms with Crippen molar-refractivity contribution in [3.05, 3.63) is 69.7 Å². The molecule has 1 aromatic heterocycles. The first-order valence-corrected chi connectivity index (χ1v) is 6.49. The number of carbonyl (C=O) groups excluding carboxylic acids is 1. The number of halogens is 3. The van der Waals surface area contributed by atoms with E-state index in [9.17, 15) is 9.18 Å². The largest absolute Gasteiger partial charge is 0.451 e. The highest BCUT2D eigenvalue weighted by atomic mass is 35.5. The van der Waals surface area contributed by atoms with Gasteiger partial charge in [0.05, 0.1) is 5.02 Å². The number of hydrogen-bond donors (Lipinski definition) is 0. The monoisotopic (exact) mass is 308 g/mol. The van der Waals surface area contributed by atoms with E-state index in [0.717, 1.165) is 6.07 Å². The number of hydrogen-bond acceptors (Lipinski definition) is 2. The zero-order chi connectivity index (χ0) is 14.3. The normalized spacial score (nSPS) is 10.9. The molecule has 20 heavy (non-hydrogen) atoms. The van der Waals surface area contributed by atoms with E-state index >= 15 is 0 Å². The zero-order valence-corrected chi connectivity index (χ0v) is 11.5. The summed E-state index contributed by atoms with van der Waals surface area (Å²) >= 11 is 11.9. The van der Waals surface area contributed by atoms with Crippen LogP contribution < -0.4 is 0 Å². The maximum absolute atomic E-state index is 13.1. The van der Waals surface area contributed by atoms with Gasteiger partial charge < -0.3 is 4.42 Å². The van der Waals surface area contributed by atoms with Gasteiger partial charge in [-0.1, -0.05) is 35.3 Å². The fourth-order valence-corrected chi connectivity index (χ4v) is 2.51. The highest BCUT2D eigenvalue weighted by Crippen LogP contribution is 2.31. The standard InChI is InChI=1S/C15H7Cl2FO2/c16-10-4-9-6-13(20-15(9)12(17)7-10)14(19)8-2-1-3-11(18)5-8/h1-7H. The molecule has 2 aromatic carbocycles. The van der Waals surface area contributed by atoms with Gasteiger partial charge in [-0.3, -0.25) is 4.79 Å². The van der Waals surface area contributed by atoms with E-state index in [4.69, 9.17) is 27.6 Å². The van der Waals surface area contributed by atoms with E-state index < -0.39 is 11.6 Å². The van der Waals surface area contributed by atoms with Crippen LogP contribution in [0.2, 0.25) is 10.0 Å². The molecule has 0 aliphatic rings. The Labute approximate surface area is 123 Å². The van der Waals surface area contributed by atoms with Crippen LogP contribution in [0.25, 0.3) is 11.0 Å². The lowest BCUT2D eigenvalue weighted by molar-refractivity contribution is 0.101. The van der Waals surface area contributed by atoms with Crippen LogP contribution in [0.5, 0.6) is 0 Å². The molecule has 0 atom stereocenters. The number of furan rings is 1. The zero-order valence-electron chi connectivity index (χ0n) is 9.99. The topological polar surface area (TPSA) is 30.2 Å². The van der Waals surface area contributed by atoms with Crippen LogP contribution >= 0.6 is 23.2 Å². The minimum absolute atomic E-state index is 0.0924. The van der Waals surface area contributed by atoms with Crippen molar-refractivity contribution in [1.29, 1.82) is 0 Å². The average molecular weight is 309 g/mol. The molecule has 1 heterocycles. The molecule has 0 N–H and O–H groups in total. The molecule has 0 spiro atoms. The Morgan fingerprint density at radius 3 is 2.65 bits per heavy atom. The molecule has 0 aliphatic heterocycles. The van der Waals surface area contributed by atoms with E-state index in [1.54, 1.807) is 12.1 Å². The Morgan fingerprint density at radius 2 is 1.90 bits per heavy atom. The Bertz CT molecular complexity index is 824. The number of carbonyl (C=O) groups is 1. The van der Waals surface area contributed by atoms with Gasteiger partial charge in [-0.15, -0.1) is 0 Å². The van der Waals surface area contributed by atoms with Crippen molar-refractivity contribution in [2.75, 3.05) is 0 Å². The second-order valence-electron chi connectivity index (χ2n) is 4.26. The Morgan fingerprint density at radius 1 is 1.10 bits per heavy atom. The van der Waals surface area contributed by atoms with E-state index in [2.05, 4.69) is 0 Å². The number of benzene rings is 2. The van der Waals surface area contributed by atoms with Gasteiger partial charge >= 0.3 is 0 Å². The first-order chi connectivity index (χ1) is 9.54. The molecule has 100 valence electrons. The summed E-state index contributed by atoms with van der Waals surface area (Å²) in [4.78, 5) is 12.2.